The van der Waals surface area contributed by atoms with Crippen LogP contribution in [0, 0.1) is 11.6 Å². The van der Waals surface area contributed by atoms with Crippen molar-refractivity contribution in [3.05, 3.63) is 89.8 Å². The number of aromatic nitrogens is 1. The summed E-state index contributed by atoms with van der Waals surface area (Å²) in [6, 6.07) is 13.9. The van der Waals surface area contributed by atoms with E-state index in [1.54, 1.807) is 42.7 Å². The third kappa shape index (κ3) is 6.11. The molecule has 0 atom stereocenters. The number of amides is 2. The summed E-state index contributed by atoms with van der Waals surface area (Å²) in [6.45, 7) is 0.274. The van der Waals surface area contributed by atoms with Crippen molar-refractivity contribution < 1.29 is 18.4 Å². The average Bonchev–Trinajstić information content (AvgIpc) is 2.74. The quantitative estimate of drug-likeness (QED) is 0.574. The van der Waals surface area contributed by atoms with Crippen LogP contribution in [0.25, 0.3) is 0 Å². The third-order valence-electron chi connectivity index (χ3n) is 3.88. The minimum absolute atomic E-state index is 0.0730. The van der Waals surface area contributed by atoms with Gasteiger partial charge in [-0.05, 0) is 48.0 Å². The van der Waals surface area contributed by atoms with Crippen LogP contribution in [0.2, 0.25) is 0 Å². The lowest BCUT2D eigenvalue weighted by Gasteiger charge is -2.09. The molecule has 8 heteroatoms. The van der Waals surface area contributed by atoms with Crippen LogP contribution in [0.15, 0.2) is 71.9 Å². The van der Waals surface area contributed by atoms with Crippen molar-refractivity contribution in [3.8, 4) is 0 Å². The SMILES string of the molecule is O=C(CSc1ccc(F)c(F)c1)NCc1cccc(NC(=O)c2ccncc2)c1. The predicted octanol–water partition coefficient (Wildman–Crippen LogP) is 4.02. The van der Waals surface area contributed by atoms with Gasteiger partial charge in [-0.25, -0.2) is 8.78 Å². The molecule has 29 heavy (non-hydrogen) atoms. The van der Waals surface area contributed by atoms with Gasteiger partial charge in [0.15, 0.2) is 11.6 Å². The van der Waals surface area contributed by atoms with E-state index < -0.39 is 11.6 Å². The third-order valence-corrected chi connectivity index (χ3v) is 4.87. The second kappa shape index (κ2) is 9.79. The second-order valence-electron chi connectivity index (χ2n) is 6.03. The summed E-state index contributed by atoms with van der Waals surface area (Å²) < 4.78 is 26.1. The van der Waals surface area contributed by atoms with Crippen molar-refractivity contribution in [3.63, 3.8) is 0 Å². The van der Waals surface area contributed by atoms with Crippen LogP contribution in [-0.4, -0.2) is 22.6 Å². The summed E-state index contributed by atoms with van der Waals surface area (Å²) in [4.78, 5) is 28.6. The molecule has 0 aliphatic rings. The van der Waals surface area contributed by atoms with Gasteiger partial charge in [-0.3, -0.25) is 14.6 Å². The van der Waals surface area contributed by atoms with Gasteiger partial charge in [-0.2, -0.15) is 0 Å². The summed E-state index contributed by atoms with van der Waals surface area (Å²) in [5.41, 5.74) is 1.91. The van der Waals surface area contributed by atoms with Crippen LogP contribution < -0.4 is 10.6 Å². The Labute approximate surface area is 170 Å². The van der Waals surface area contributed by atoms with Crippen LogP contribution in [0.3, 0.4) is 0 Å². The van der Waals surface area contributed by atoms with Crippen molar-refractivity contribution in [2.75, 3.05) is 11.1 Å². The highest BCUT2D eigenvalue weighted by Gasteiger charge is 2.08. The van der Waals surface area contributed by atoms with E-state index in [9.17, 15) is 18.4 Å². The molecule has 1 aromatic heterocycles. The van der Waals surface area contributed by atoms with Crippen LogP contribution in [0.1, 0.15) is 15.9 Å². The molecule has 3 rings (SSSR count). The van der Waals surface area contributed by atoms with Gasteiger partial charge in [0.05, 0.1) is 5.75 Å². The van der Waals surface area contributed by atoms with E-state index in [4.69, 9.17) is 0 Å². The monoisotopic (exact) mass is 413 g/mol. The van der Waals surface area contributed by atoms with E-state index >= 15 is 0 Å². The standard InChI is InChI=1S/C21H17F2N3O2S/c22-18-5-4-17(11-19(18)23)29-13-20(27)25-12-14-2-1-3-16(10-14)26-21(28)15-6-8-24-9-7-15/h1-11H,12-13H2,(H,25,27)(H,26,28). The number of pyridine rings is 1. The Balaban J connectivity index is 1.50. The Bertz CT molecular complexity index is 1020. The van der Waals surface area contributed by atoms with Gasteiger partial charge in [-0.1, -0.05) is 12.1 Å². The molecule has 0 aliphatic carbocycles. The number of anilines is 1. The molecule has 0 saturated heterocycles. The molecule has 0 bridgehead atoms. The zero-order chi connectivity index (χ0) is 20.6. The normalized spacial score (nSPS) is 10.4. The van der Waals surface area contributed by atoms with Crippen LogP contribution in [0.5, 0.6) is 0 Å². The van der Waals surface area contributed by atoms with E-state index in [-0.39, 0.29) is 24.1 Å². The number of hydrogen-bond donors (Lipinski definition) is 2. The average molecular weight is 413 g/mol. The molecule has 3 aromatic rings. The largest absolute Gasteiger partial charge is 0.351 e. The molecule has 0 aliphatic heterocycles. The number of nitrogens with zero attached hydrogens (tertiary/aromatic N) is 1. The lowest BCUT2D eigenvalue weighted by Crippen LogP contribution is -2.24. The van der Waals surface area contributed by atoms with E-state index in [1.165, 1.54) is 6.07 Å². The number of benzene rings is 2. The molecule has 148 valence electrons. The fourth-order valence-electron chi connectivity index (χ4n) is 2.43. The number of carbonyl (C=O) groups is 2. The Kier molecular flexibility index (Phi) is 6.91. The molecule has 0 spiro atoms. The Morgan fingerprint density at radius 3 is 2.52 bits per heavy atom. The minimum Gasteiger partial charge on any atom is -0.351 e. The fourth-order valence-corrected chi connectivity index (χ4v) is 3.18. The van der Waals surface area contributed by atoms with Crippen molar-refractivity contribution in [2.45, 2.75) is 11.4 Å². The highest BCUT2D eigenvalue weighted by atomic mass is 32.2. The molecule has 0 unspecified atom stereocenters. The smallest absolute Gasteiger partial charge is 0.255 e. The maximum atomic E-state index is 13.2. The molecule has 2 N–H and O–H groups in total. The summed E-state index contributed by atoms with van der Waals surface area (Å²) in [7, 11) is 0. The second-order valence-corrected chi connectivity index (χ2v) is 7.08. The number of carbonyl (C=O) groups excluding carboxylic acids is 2. The predicted molar refractivity (Wildman–Crippen MR) is 108 cm³/mol. The van der Waals surface area contributed by atoms with E-state index in [0.717, 1.165) is 29.5 Å². The van der Waals surface area contributed by atoms with Gasteiger partial charge >= 0.3 is 0 Å². The maximum Gasteiger partial charge on any atom is 0.255 e. The van der Waals surface area contributed by atoms with Crippen LogP contribution in [0.4, 0.5) is 14.5 Å². The fraction of sp³-hybridized carbons (Fsp3) is 0.0952. The number of rotatable bonds is 7. The first-order valence-corrected chi connectivity index (χ1v) is 9.65. The minimum atomic E-state index is -0.943. The maximum absolute atomic E-state index is 13.2. The van der Waals surface area contributed by atoms with Gasteiger partial charge in [0.1, 0.15) is 0 Å². The number of nitrogens with one attached hydrogen (secondary N) is 2. The zero-order valence-electron chi connectivity index (χ0n) is 15.2. The summed E-state index contributed by atoms with van der Waals surface area (Å²) in [6.07, 6.45) is 3.08. The molecule has 2 aromatic carbocycles. The number of hydrogen-bond acceptors (Lipinski definition) is 4. The first-order chi connectivity index (χ1) is 14.0. The summed E-state index contributed by atoms with van der Waals surface area (Å²) in [5.74, 6) is -2.29. The van der Waals surface area contributed by atoms with E-state index in [1.807, 2.05) is 6.07 Å². The highest BCUT2D eigenvalue weighted by molar-refractivity contribution is 8.00. The first-order valence-electron chi connectivity index (χ1n) is 8.66. The van der Waals surface area contributed by atoms with Crippen LogP contribution >= 0.6 is 11.8 Å². The first kappa shape index (κ1) is 20.5. The topological polar surface area (TPSA) is 71.1 Å². The van der Waals surface area contributed by atoms with Gasteiger partial charge in [0.25, 0.3) is 5.91 Å². The molecule has 0 fully saturated rings. The van der Waals surface area contributed by atoms with Gasteiger partial charge in [0.2, 0.25) is 5.91 Å². The summed E-state index contributed by atoms with van der Waals surface area (Å²) >= 11 is 1.11. The Hall–Kier alpha value is -3.26. The Morgan fingerprint density at radius 2 is 1.76 bits per heavy atom. The molecule has 2 amide bonds. The van der Waals surface area contributed by atoms with Gasteiger partial charge < -0.3 is 10.6 Å². The van der Waals surface area contributed by atoms with Crippen molar-refractivity contribution in [1.29, 1.82) is 0 Å². The highest BCUT2D eigenvalue weighted by Crippen LogP contribution is 2.20. The van der Waals surface area contributed by atoms with Crippen molar-refractivity contribution in [2.24, 2.45) is 0 Å². The number of halogens is 2. The molecule has 1 heterocycles. The molecule has 0 saturated carbocycles. The lowest BCUT2D eigenvalue weighted by molar-refractivity contribution is -0.118. The van der Waals surface area contributed by atoms with Gasteiger partial charge in [0, 0.05) is 35.1 Å². The van der Waals surface area contributed by atoms with E-state index in [0.29, 0.717) is 16.1 Å². The van der Waals surface area contributed by atoms with Crippen LogP contribution in [-0.2, 0) is 11.3 Å². The molecule has 0 radical (unpaired) electrons. The zero-order valence-corrected chi connectivity index (χ0v) is 16.0. The van der Waals surface area contributed by atoms with Crippen molar-refractivity contribution >= 4 is 29.3 Å². The lowest BCUT2D eigenvalue weighted by atomic mass is 10.2. The van der Waals surface area contributed by atoms with Gasteiger partial charge in [-0.15, -0.1) is 11.8 Å². The molecular weight excluding hydrogens is 396 g/mol. The van der Waals surface area contributed by atoms with E-state index in [2.05, 4.69) is 15.6 Å². The molecular formula is C21H17F2N3O2S. The molecule has 5 nitrogen and oxygen atoms in total. The number of thioether (sulfide) groups is 1. The van der Waals surface area contributed by atoms with Crippen molar-refractivity contribution in [1.82, 2.24) is 10.3 Å². The summed E-state index contributed by atoms with van der Waals surface area (Å²) in [5, 5.41) is 5.55. The Morgan fingerprint density at radius 1 is 0.966 bits per heavy atom.